The van der Waals surface area contributed by atoms with Crippen LogP contribution in [0.25, 0.3) is 0 Å². The van der Waals surface area contributed by atoms with Gasteiger partial charge in [-0.05, 0) is 59.0 Å². The third-order valence-electron chi connectivity index (χ3n) is 7.35. The first kappa shape index (κ1) is 30.0. The summed E-state index contributed by atoms with van der Waals surface area (Å²) in [5.74, 6) is 1.93. The van der Waals surface area contributed by atoms with E-state index in [0.717, 1.165) is 44.1 Å². The Morgan fingerprint density at radius 2 is 1.58 bits per heavy atom. The van der Waals surface area contributed by atoms with Crippen LogP contribution >= 0.6 is 0 Å². The number of nitro groups is 1. The maximum absolute atomic E-state index is 12.3. The number of hydrogen-bond acceptors (Lipinski definition) is 10. The Kier molecular flexibility index (Phi) is 8.60. The summed E-state index contributed by atoms with van der Waals surface area (Å²) < 4.78 is 59.9. The highest BCUT2D eigenvalue weighted by Crippen LogP contribution is 2.28. The van der Waals surface area contributed by atoms with Gasteiger partial charge >= 0.3 is 18.2 Å². The van der Waals surface area contributed by atoms with E-state index >= 15 is 0 Å². The van der Waals surface area contributed by atoms with Crippen LogP contribution < -0.4 is 23.8 Å². The molecule has 1 unspecified atom stereocenters. The van der Waals surface area contributed by atoms with E-state index in [-0.39, 0.29) is 30.3 Å². The number of hydrogen-bond donors (Lipinski definition) is 0. The van der Waals surface area contributed by atoms with Crippen molar-refractivity contribution in [2.45, 2.75) is 32.0 Å². The largest absolute Gasteiger partial charge is 0.573 e. The second-order valence-corrected chi connectivity index (χ2v) is 10.6. The highest BCUT2D eigenvalue weighted by atomic mass is 19.4. The molecule has 4 heterocycles. The summed E-state index contributed by atoms with van der Waals surface area (Å²) in [7, 11) is 0. The van der Waals surface area contributed by atoms with Gasteiger partial charge in [0.05, 0.1) is 6.20 Å². The Labute approximate surface area is 255 Å². The van der Waals surface area contributed by atoms with Gasteiger partial charge in [0.2, 0.25) is 0 Å². The Morgan fingerprint density at radius 1 is 0.911 bits per heavy atom. The SMILES string of the molecule is O=[N+]([O-])c1cn2c(n1)OC(COc1ccc(N3CCN(Cc4ccc(Oc5ccc(OC(F)(F)F)cc5)cc4)CC3)nc1)CC2. The summed E-state index contributed by atoms with van der Waals surface area (Å²) in [6.45, 7) is 4.97. The summed E-state index contributed by atoms with van der Waals surface area (Å²) in [4.78, 5) is 23.5. The van der Waals surface area contributed by atoms with Crippen LogP contribution in [0.5, 0.6) is 29.0 Å². The molecule has 2 aromatic carbocycles. The van der Waals surface area contributed by atoms with Crippen molar-refractivity contribution in [3.05, 3.63) is 88.7 Å². The van der Waals surface area contributed by atoms with Gasteiger partial charge in [-0.2, -0.15) is 0 Å². The van der Waals surface area contributed by atoms with Gasteiger partial charge in [0, 0.05) is 50.7 Å². The first-order valence-electron chi connectivity index (χ1n) is 14.2. The smallest absolute Gasteiger partial charge is 0.488 e. The Morgan fingerprint density at radius 3 is 2.22 bits per heavy atom. The van der Waals surface area contributed by atoms with Crippen molar-refractivity contribution in [1.82, 2.24) is 19.4 Å². The molecule has 0 amide bonds. The first-order valence-corrected chi connectivity index (χ1v) is 14.2. The second-order valence-electron chi connectivity index (χ2n) is 10.6. The van der Waals surface area contributed by atoms with Crippen molar-refractivity contribution < 1.29 is 37.0 Å². The van der Waals surface area contributed by atoms with Gasteiger partial charge in [-0.3, -0.25) is 9.47 Å². The van der Waals surface area contributed by atoms with E-state index in [4.69, 9.17) is 14.2 Å². The van der Waals surface area contributed by atoms with Crippen LogP contribution in [0.2, 0.25) is 0 Å². The summed E-state index contributed by atoms with van der Waals surface area (Å²) in [6.07, 6.45) is -1.29. The van der Waals surface area contributed by atoms with Crippen molar-refractivity contribution in [3.63, 3.8) is 0 Å². The molecule has 2 aliphatic rings. The topological polar surface area (TPSA) is 117 Å². The number of imidazole rings is 1. The Hall–Kier alpha value is -5.05. The molecule has 0 saturated carbocycles. The molecule has 1 atom stereocenters. The average molecular weight is 627 g/mol. The van der Waals surface area contributed by atoms with E-state index in [1.165, 1.54) is 30.5 Å². The number of nitrogens with zero attached hydrogens (tertiary/aromatic N) is 6. The normalized spacial score (nSPS) is 16.9. The Balaban J connectivity index is 0.925. The summed E-state index contributed by atoms with van der Waals surface area (Å²) in [6, 6.07) is 16.9. The van der Waals surface area contributed by atoms with E-state index in [0.29, 0.717) is 30.2 Å². The zero-order chi connectivity index (χ0) is 31.4. The number of anilines is 1. The van der Waals surface area contributed by atoms with Crippen LogP contribution in [-0.4, -0.2) is 69.6 Å². The molecule has 2 aliphatic heterocycles. The molecule has 0 bridgehead atoms. The van der Waals surface area contributed by atoms with Crippen LogP contribution in [0.3, 0.4) is 0 Å². The molecule has 2 aromatic heterocycles. The molecule has 45 heavy (non-hydrogen) atoms. The molecule has 12 nitrogen and oxygen atoms in total. The van der Waals surface area contributed by atoms with Crippen molar-refractivity contribution in [3.8, 4) is 29.0 Å². The molecule has 15 heteroatoms. The fraction of sp³-hybridized carbons (Fsp3) is 0.333. The molecule has 0 radical (unpaired) electrons. The number of piperazine rings is 1. The van der Waals surface area contributed by atoms with E-state index in [9.17, 15) is 23.3 Å². The fourth-order valence-electron chi connectivity index (χ4n) is 5.07. The summed E-state index contributed by atoms with van der Waals surface area (Å²) >= 11 is 0. The minimum absolute atomic E-state index is 0.228. The second kappa shape index (κ2) is 12.9. The predicted octanol–water partition coefficient (Wildman–Crippen LogP) is 5.43. The monoisotopic (exact) mass is 626 g/mol. The van der Waals surface area contributed by atoms with Crippen LogP contribution in [0.4, 0.5) is 24.8 Å². The zero-order valence-corrected chi connectivity index (χ0v) is 23.9. The molecule has 236 valence electrons. The van der Waals surface area contributed by atoms with Gasteiger partial charge in [0.1, 0.15) is 47.7 Å². The third-order valence-corrected chi connectivity index (χ3v) is 7.35. The quantitative estimate of drug-likeness (QED) is 0.167. The standard InChI is InChI=1S/C30H29F3N6O6/c31-30(32,33)45-24-7-5-23(6-8-24)43-22-3-1-21(2-4-22)18-36-13-15-37(16-14-36)27-10-9-25(17-34-27)42-20-26-11-12-38-19-28(39(40)41)35-29(38)44-26/h1-10,17,19,26H,11-16,18,20H2. The van der Waals surface area contributed by atoms with Crippen molar-refractivity contribution in [2.75, 3.05) is 37.7 Å². The van der Waals surface area contributed by atoms with Gasteiger partial charge < -0.3 is 34.0 Å². The maximum Gasteiger partial charge on any atom is 0.573 e. The van der Waals surface area contributed by atoms with Crippen LogP contribution in [-0.2, 0) is 13.1 Å². The predicted molar refractivity (Wildman–Crippen MR) is 155 cm³/mol. The number of rotatable bonds is 10. The van der Waals surface area contributed by atoms with E-state index in [2.05, 4.69) is 24.5 Å². The van der Waals surface area contributed by atoms with Crippen LogP contribution in [0.15, 0.2) is 73.1 Å². The Bertz CT molecular complexity index is 1590. The van der Waals surface area contributed by atoms with Crippen LogP contribution in [0.1, 0.15) is 12.0 Å². The molecule has 6 rings (SSSR count). The van der Waals surface area contributed by atoms with E-state index in [1.54, 1.807) is 10.8 Å². The summed E-state index contributed by atoms with van der Waals surface area (Å²) in [5, 5.41) is 10.9. The molecule has 4 aromatic rings. The first-order chi connectivity index (χ1) is 21.7. The number of pyridine rings is 1. The number of benzene rings is 2. The van der Waals surface area contributed by atoms with Gasteiger partial charge in [-0.25, -0.2) is 4.98 Å². The molecule has 1 fully saturated rings. The van der Waals surface area contributed by atoms with Crippen LogP contribution in [0, 0.1) is 10.1 Å². The van der Waals surface area contributed by atoms with Gasteiger partial charge in [-0.1, -0.05) is 12.1 Å². The lowest BCUT2D eigenvalue weighted by Crippen LogP contribution is -2.46. The molecule has 0 spiro atoms. The molecule has 1 saturated heterocycles. The number of halogens is 3. The third kappa shape index (κ3) is 7.92. The van der Waals surface area contributed by atoms with Gasteiger partial charge in [0.25, 0.3) is 0 Å². The lowest BCUT2D eigenvalue weighted by atomic mass is 10.2. The molecule has 0 aliphatic carbocycles. The number of aryl methyl sites for hydroxylation is 1. The highest BCUT2D eigenvalue weighted by molar-refractivity contribution is 5.41. The molecule has 0 N–H and O–H groups in total. The number of fused-ring (bicyclic) bond motifs is 1. The van der Waals surface area contributed by atoms with Crippen molar-refractivity contribution in [1.29, 1.82) is 0 Å². The fourth-order valence-corrected chi connectivity index (χ4v) is 5.07. The van der Waals surface area contributed by atoms with E-state index < -0.39 is 11.3 Å². The highest BCUT2D eigenvalue weighted by Gasteiger charge is 2.31. The number of ether oxygens (including phenoxy) is 4. The number of aromatic nitrogens is 3. The zero-order valence-electron chi connectivity index (χ0n) is 23.9. The minimum Gasteiger partial charge on any atom is -0.488 e. The van der Waals surface area contributed by atoms with Crippen molar-refractivity contribution >= 4 is 11.6 Å². The maximum atomic E-state index is 12.3. The van der Waals surface area contributed by atoms with E-state index in [1.807, 2.05) is 36.4 Å². The lowest BCUT2D eigenvalue weighted by molar-refractivity contribution is -0.389. The molecular formula is C30H29F3N6O6. The van der Waals surface area contributed by atoms with Gasteiger partial charge in [-0.15, -0.1) is 13.2 Å². The number of alkyl halides is 3. The summed E-state index contributed by atoms with van der Waals surface area (Å²) in [5.41, 5.74) is 1.12. The average Bonchev–Trinajstić information content (AvgIpc) is 3.46. The minimum atomic E-state index is -4.74. The lowest BCUT2D eigenvalue weighted by Gasteiger charge is -2.35. The van der Waals surface area contributed by atoms with Gasteiger partial charge in [0.15, 0.2) is 0 Å². The molecular weight excluding hydrogens is 597 g/mol. The van der Waals surface area contributed by atoms with Crippen molar-refractivity contribution in [2.24, 2.45) is 0 Å².